The zero-order chi connectivity index (χ0) is 18.7. The first-order valence-corrected chi connectivity index (χ1v) is 10.7. The van der Waals surface area contributed by atoms with Crippen LogP contribution < -0.4 is 0 Å². The van der Waals surface area contributed by atoms with Gasteiger partial charge < -0.3 is 14.9 Å². The maximum atomic E-state index is 11.7. The number of fused-ring (bicyclic) bond motifs is 5. The van der Waals surface area contributed by atoms with E-state index in [0.29, 0.717) is 23.7 Å². The monoisotopic (exact) mass is 360 g/mol. The maximum absolute atomic E-state index is 11.7. The lowest BCUT2D eigenvalue weighted by molar-refractivity contribution is -0.196. The third-order valence-corrected chi connectivity index (χ3v) is 8.57. The molecule has 3 nitrogen and oxygen atoms in total. The Morgan fingerprint density at radius 2 is 1.96 bits per heavy atom. The minimum absolute atomic E-state index is 0.135. The Hall–Kier alpha value is -0.800. The minimum atomic E-state index is -0.716. The summed E-state index contributed by atoms with van der Waals surface area (Å²) in [7, 11) is 0. The SMILES string of the molecule is CCOC1=CC2=CCC3C(C2CC1)C(C)(O)CC1(CC)C3CCC1(C)O. The average Bonchev–Trinajstić information content (AvgIpc) is 2.85. The number of rotatable bonds is 3. The Bertz CT molecular complexity index is 629. The fourth-order valence-electron chi connectivity index (χ4n) is 7.58. The molecule has 0 spiro atoms. The van der Waals surface area contributed by atoms with Gasteiger partial charge in [0.25, 0.3) is 0 Å². The summed E-state index contributed by atoms with van der Waals surface area (Å²) in [4.78, 5) is 0. The van der Waals surface area contributed by atoms with Crippen molar-refractivity contribution in [3.05, 3.63) is 23.5 Å². The van der Waals surface area contributed by atoms with E-state index in [-0.39, 0.29) is 5.41 Å². The molecular weight excluding hydrogens is 324 g/mol. The molecule has 4 aliphatic carbocycles. The highest BCUT2D eigenvalue weighted by Gasteiger charge is 2.66. The van der Waals surface area contributed by atoms with Gasteiger partial charge >= 0.3 is 0 Å². The average molecular weight is 361 g/mol. The summed E-state index contributed by atoms with van der Waals surface area (Å²) in [5.74, 6) is 2.87. The molecule has 0 heterocycles. The number of ether oxygens (including phenoxy) is 1. The molecule has 146 valence electrons. The quantitative estimate of drug-likeness (QED) is 0.774. The summed E-state index contributed by atoms with van der Waals surface area (Å²) >= 11 is 0. The summed E-state index contributed by atoms with van der Waals surface area (Å²) in [6.45, 7) is 9.06. The van der Waals surface area contributed by atoms with Crippen LogP contribution in [0.5, 0.6) is 0 Å². The standard InChI is InChI=1S/C23H36O3/c1-5-23-14-21(3,24)20-17-10-8-16(26-6-2)13-15(17)7-9-18(20)19(23)11-12-22(23,4)25/h7,13,17-20,24-25H,5-6,8-12,14H2,1-4H3. The summed E-state index contributed by atoms with van der Waals surface area (Å²) in [5, 5.41) is 22.9. The van der Waals surface area contributed by atoms with E-state index in [4.69, 9.17) is 4.74 Å². The van der Waals surface area contributed by atoms with Gasteiger partial charge in [-0.3, -0.25) is 0 Å². The summed E-state index contributed by atoms with van der Waals surface area (Å²) in [5.41, 5.74) is -0.119. The van der Waals surface area contributed by atoms with E-state index in [0.717, 1.165) is 57.3 Å². The van der Waals surface area contributed by atoms with E-state index >= 15 is 0 Å². The second-order valence-corrected chi connectivity index (χ2v) is 9.78. The molecule has 4 aliphatic rings. The number of aliphatic hydroxyl groups is 2. The Morgan fingerprint density at radius 3 is 2.65 bits per heavy atom. The summed E-state index contributed by atoms with van der Waals surface area (Å²) < 4.78 is 5.77. The molecular formula is C23H36O3. The van der Waals surface area contributed by atoms with Crippen molar-refractivity contribution >= 4 is 0 Å². The molecule has 0 aromatic carbocycles. The van der Waals surface area contributed by atoms with E-state index in [1.807, 2.05) is 13.8 Å². The Morgan fingerprint density at radius 1 is 1.19 bits per heavy atom. The molecule has 7 atom stereocenters. The first-order valence-electron chi connectivity index (χ1n) is 10.7. The van der Waals surface area contributed by atoms with Crippen molar-refractivity contribution in [3.63, 3.8) is 0 Å². The lowest BCUT2D eigenvalue weighted by Crippen LogP contribution is -2.61. The number of hydrogen-bond donors (Lipinski definition) is 2. The molecule has 3 heteroatoms. The highest BCUT2D eigenvalue weighted by molar-refractivity contribution is 5.33. The molecule has 0 bridgehead atoms. The Labute approximate surface area is 158 Å². The number of allylic oxidation sites excluding steroid dienone is 4. The number of hydrogen-bond acceptors (Lipinski definition) is 3. The van der Waals surface area contributed by atoms with E-state index in [1.54, 1.807) is 0 Å². The fourth-order valence-corrected chi connectivity index (χ4v) is 7.58. The van der Waals surface area contributed by atoms with E-state index in [1.165, 1.54) is 5.57 Å². The van der Waals surface area contributed by atoms with Gasteiger partial charge in [-0.05, 0) is 94.6 Å². The molecule has 4 rings (SSSR count). The Balaban J connectivity index is 1.73. The van der Waals surface area contributed by atoms with E-state index in [9.17, 15) is 10.2 Å². The molecule has 26 heavy (non-hydrogen) atoms. The third kappa shape index (κ3) is 2.46. The van der Waals surface area contributed by atoms with Gasteiger partial charge in [0.1, 0.15) is 0 Å². The molecule has 2 saturated carbocycles. The van der Waals surface area contributed by atoms with Crippen LogP contribution in [0.2, 0.25) is 0 Å². The predicted molar refractivity (Wildman–Crippen MR) is 103 cm³/mol. The Kier molecular flexibility index (Phi) is 4.36. The van der Waals surface area contributed by atoms with Crippen LogP contribution in [-0.4, -0.2) is 28.0 Å². The predicted octanol–water partition coefficient (Wildman–Crippen LogP) is 4.59. The van der Waals surface area contributed by atoms with Crippen LogP contribution in [0.25, 0.3) is 0 Å². The van der Waals surface area contributed by atoms with Gasteiger partial charge in [-0.15, -0.1) is 0 Å². The van der Waals surface area contributed by atoms with Crippen molar-refractivity contribution in [3.8, 4) is 0 Å². The highest BCUT2D eigenvalue weighted by atomic mass is 16.5. The fraction of sp³-hybridized carbons (Fsp3) is 0.826. The molecule has 0 saturated heterocycles. The van der Waals surface area contributed by atoms with Crippen LogP contribution in [0.3, 0.4) is 0 Å². The maximum Gasteiger partial charge on any atom is 0.0962 e. The van der Waals surface area contributed by atoms with Gasteiger partial charge in [0.15, 0.2) is 0 Å². The van der Waals surface area contributed by atoms with Gasteiger partial charge in [-0.1, -0.05) is 13.0 Å². The smallest absolute Gasteiger partial charge is 0.0962 e. The van der Waals surface area contributed by atoms with Crippen molar-refractivity contribution in [2.75, 3.05) is 6.61 Å². The molecule has 0 amide bonds. The molecule has 2 fully saturated rings. The van der Waals surface area contributed by atoms with Gasteiger partial charge in [-0.2, -0.15) is 0 Å². The normalized spacial score (nSPS) is 50.2. The highest BCUT2D eigenvalue weighted by Crippen LogP contribution is 2.67. The van der Waals surface area contributed by atoms with Gasteiger partial charge in [-0.25, -0.2) is 0 Å². The molecule has 0 aromatic heterocycles. The van der Waals surface area contributed by atoms with Gasteiger partial charge in [0.05, 0.1) is 23.6 Å². The van der Waals surface area contributed by atoms with Crippen molar-refractivity contribution in [2.24, 2.45) is 29.1 Å². The lowest BCUT2D eigenvalue weighted by atomic mass is 9.46. The first-order chi connectivity index (χ1) is 12.3. The van der Waals surface area contributed by atoms with Crippen LogP contribution in [0.4, 0.5) is 0 Å². The van der Waals surface area contributed by atoms with Gasteiger partial charge in [0, 0.05) is 11.8 Å². The summed E-state index contributed by atoms with van der Waals surface area (Å²) in [6.07, 6.45) is 11.4. The van der Waals surface area contributed by atoms with Crippen molar-refractivity contribution in [1.82, 2.24) is 0 Å². The van der Waals surface area contributed by atoms with Crippen molar-refractivity contribution in [1.29, 1.82) is 0 Å². The van der Waals surface area contributed by atoms with Crippen LogP contribution in [-0.2, 0) is 4.74 Å². The van der Waals surface area contributed by atoms with Crippen LogP contribution in [0.1, 0.15) is 72.6 Å². The second-order valence-electron chi connectivity index (χ2n) is 9.78. The molecule has 2 N–H and O–H groups in total. The van der Waals surface area contributed by atoms with Crippen molar-refractivity contribution < 1.29 is 14.9 Å². The van der Waals surface area contributed by atoms with E-state index in [2.05, 4.69) is 26.0 Å². The van der Waals surface area contributed by atoms with E-state index < -0.39 is 11.2 Å². The lowest BCUT2D eigenvalue weighted by Gasteiger charge is -2.61. The van der Waals surface area contributed by atoms with Crippen molar-refractivity contribution in [2.45, 2.75) is 83.8 Å². The van der Waals surface area contributed by atoms with Gasteiger partial charge in [0.2, 0.25) is 0 Å². The zero-order valence-corrected chi connectivity index (χ0v) is 16.9. The molecule has 0 aromatic rings. The second kappa shape index (κ2) is 6.10. The van der Waals surface area contributed by atoms with Crippen LogP contribution in [0, 0.1) is 29.1 Å². The third-order valence-electron chi connectivity index (χ3n) is 8.57. The minimum Gasteiger partial charge on any atom is -0.498 e. The molecule has 7 unspecified atom stereocenters. The zero-order valence-electron chi connectivity index (χ0n) is 16.9. The first kappa shape index (κ1) is 18.6. The molecule has 0 radical (unpaired) electrons. The van der Waals surface area contributed by atoms with Crippen LogP contribution in [0.15, 0.2) is 23.5 Å². The largest absolute Gasteiger partial charge is 0.498 e. The topological polar surface area (TPSA) is 49.7 Å². The summed E-state index contributed by atoms with van der Waals surface area (Å²) in [6, 6.07) is 0. The van der Waals surface area contributed by atoms with Crippen LogP contribution >= 0.6 is 0 Å². The molecule has 0 aliphatic heterocycles.